The number of ether oxygens (including phenoxy) is 1. The SMILES string of the molecule is C/C=C/C=C/CC(C)C(=O)OC(C)(C)C. The van der Waals surface area contributed by atoms with Crippen molar-refractivity contribution in [1.29, 1.82) is 0 Å². The van der Waals surface area contributed by atoms with E-state index in [4.69, 9.17) is 4.74 Å². The molecule has 0 aliphatic rings. The third-order valence-electron chi connectivity index (χ3n) is 1.74. The fourth-order valence-electron chi connectivity index (χ4n) is 0.971. The quantitative estimate of drug-likeness (QED) is 0.524. The van der Waals surface area contributed by atoms with Crippen LogP contribution >= 0.6 is 0 Å². The number of allylic oxidation sites excluding steroid dienone is 4. The molecule has 86 valence electrons. The van der Waals surface area contributed by atoms with Crippen molar-refractivity contribution < 1.29 is 9.53 Å². The van der Waals surface area contributed by atoms with E-state index in [2.05, 4.69) is 0 Å². The summed E-state index contributed by atoms with van der Waals surface area (Å²) in [5, 5.41) is 0. The lowest BCUT2D eigenvalue weighted by Gasteiger charge is -2.21. The Bertz CT molecular complexity index is 244. The molecule has 0 fully saturated rings. The van der Waals surface area contributed by atoms with Gasteiger partial charge in [0, 0.05) is 0 Å². The summed E-state index contributed by atoms with van der Waals surface area (Å²) in [4.78, 5) is 11.5. The van der Waals surface area contributed by atoms with Crippen molar-refractivity contribution in [2.45, 2.75) is 46.6 Å². The molecule has 0 spiro atoms. The minimum atomic E-state index is -0.390. The van der Waals surface area contributed by atoms with E-state index in [1.807, 2.05) is 58.9 Å². The summed E-state index contributed by atoms with van der Waals surface area (Å²) in [5.41, 5.74) is -0.390. The highest BCUT2D eigenvalue weighted by molar-refractivity contribution is 5.72. The van der Waals surface area contributed by atoms with Crippen LogP contribution in [0.1, 0.15) is 41.0 Å². The molecule has 0 aromatic carbocycles. The van der Waals surface area contributed by atoms with E-state index < -0.39 is 5.60 Å². The second-order valence-electron chi connectivity index (χ2n) is 4.62. The van der Waals surface area contributed by atoms with Gasteiger partial charge in [0.15, 0.2) is 0 Å². The van der Waals surface area contributed by atoms with Crippen molar-refractivity contribution in [1.82, 2.24) is 0 Å². The lowest BCUT2D eigenvalue weighted by Crippen LogP contribution is -2.27. The third kappa shape index (κ3) is 7.98. The molecule has 1 unspecified atom stereocenters. The first-order valence-electron chi connectivity index (χ1n) is 5.37. The Morgan fingerprint density at radius 1 is 1.33 bits per heavy atom. The van der Waals surface area contributed by atoms with Crippen molar-refractivity contribution in [3.05, 3.63) is 24.3 Å². The Balaban J connectivity index is 4.00. The molecule has 2 heteroatoms. The van der Waals surface area contributed by atoms with Gasteiger partial charge in [-0.05, 0) is 34.1 Å². The van der Waals surface area contributed by atoms with Gasteiger partial charge >= 0.3 is 5.97 Å². The molecule has 0 saturated carbocycles. The maximum absolute atomic E-state index is 11.5. The number of hydrogen-bond donors (Lipinski definition) is 0. The van der Waals surface area contributed by atoms with Crippen molar-refractivity contribution >= 4 is 5.97 Å². The molecular weight excluding hydrogens is 188 g/mol. The first kappa shape index (κ1) is 13.9. The van der Waals surface area contributed by atoms with E-state index in [0.717, 1.165) is 6.42 Å². The van der Waals surface area contributed by atoms with E-state index in [9.17, 15) is 4.79 Å². The van der Waals surface area contributed by atoms with Crippen LogP contribution in [0.2, 0.25) is 0 Å². The normalized spacial score (nSPS) is 14.7. The number of rotatable bonds is 4. The highest BCUT2D eigenvalue weighted by atomic mass is 16.6. The summed E-state index contributed by atoms with van der Waals surface area (Å²) < 4.78 is 5.27. The second kappa shape index (κ2) is 6.44. The molecule has 1 atom stereocenters. The van der Waals surface area contributed by atoms with Gasteiger partial charge in [0.25, 0.3) is 0 Å². The van der Waals surface area contributed by atoms with Crippen LogP contribution in [0.4, 0.5) is 0 Å². The molecule has 0 amide bonds. The summed E-state index contributed by atoms with van der Waals surface area (Å²) in [6.07, 6.45) is 8.55. The summed E-state index contributed by atoms with van der Waals surface area (Å²) in [5.74, 6) is -0.210. The Kier molecular flexibility index (Phi) is 5.99. The number of hydrogen-bond acceptors (Lipinski definition) is 2. The molecule has 0 bridgehead atoms. The van der Waals surface area contributed by atoms with E-state index in [1.54, 1.807) is 0 Å². The molecule has 0 aliphatic heterocycles. The Labute approximate surface area is 93.0 Å². The summed E-state index contributed by atoms with van der Waals surface area (Å²) in [7, 11) is 0. The van der Waals surface area contributed by atoms with Crippen LogP contribution in [0, 0.1) is 5.92 Å². The van der Waals surface area contributed by atoms with E-state index >= 15 is 0 Å². The first-order valence-corrected chi connectivity index (χ1v) is 5.37. The summed E-state index contributed by atoms with van der Waals surface area (Å²) in [6.45, 7) is 9.49. The van der Waals surface area contributed by atoms with Gasteiger partial charge in [0.05, 0.1) is 5.92 Å². The largest absolute Gasteiger partial charge is 0.460 e. The van der Waals surface area contributed by atoms with Crippen LogP contribution in [0.25, 0.3) is 0 Å². The van der Waals surface area contributed by atoms with Gasteiger partial charge < -0.3 is 4.74 Å². The Morgan fingerprint density at radius 3 is 2.40 bits per heavy atom. The molecule has 0 aromatic heterocycles. The zero-order valence-corrected chi connectivity index (χ0v) is 10.4. The monoisotopic (exact) mass is 210 g/mol. The molecule has 2 nitrogen and oxygen atoms in total. The molecule has 0 aliphatic carbocycles. The van der Waals surface area contributed by atoms with Crippen molar-refractivity contribution in [2.24, 2.45) is 5.92 Å². The first-order chi connectivity index (χ1) is 6.87. The van der Waals surface area contributed by atoms with Crippen molar-refractivity contribution in [2.75, 3.05) is 0 Å². The number of carbonyl (C=O) groups excluding carboxylic acids is 1. The average Bonchev–Trinajstić information content (AvgIpc) is 2.09. The standard InChI is InChI=1S/C13H22O2/c1-6-7-8-9-10-11(2)12(14)15-13(3,4)5/h6-9,11H,10H2,1-5H3/b7-6+,9-8+. The van der Waals surface area contributed by atoms with Gasteiger partial charge in [-0.15, -0.1) is 0 Å². The van der Waals surface area contributed by atoms with Crippen LogP contribution in [-0.2, 0) is 9.53 Å². The summed E-state index contributed by atoms with van der Waals surface area (Å²) >= 11 is 0. The minimum Gasteiger partial charge on any atom is -0.460 e. The molecule has 0 saturated heterocycles. The van der Waals surface area contributed by atoms with Gasteiger partial charge in [-0.1, -0.05) is 31.2 Å². The van der Waals surface area contributed by atoms with Crippen LogP contribution in [0.5, 0.6) is 0 Å². The minimum absolute atomic E-state index is 0.0780. The molecule has 0 rings (SSSR count). The van der Waals surface area contributed by atoms with Crippen molar-refractivity contribution in [3.63, 3.8) is 0 Å². The lowest BCUT2D eigenvalue weighted by molar-refractivity contribution is -0.159. The zero-order chi connectivity index (χ0) is 11.9. The van der Waals surface area contributed by atoms with Gasteiger partial charge in [-0.2, -0.15) is 0 Å². The average molecular weight is 210 g/mol. The predicted molar refractivity (Wildman–Crippen MR) is 63.6 cm³/mol. The van der Waals surface area contributed by atoms with Gasteiger partial charge in [-0.3, -0.25) is 4.79 Å². The topological polar surface area (TPSA) is 26.3 Å². The smallest absolute Gasteiger partial charge is 0.309 e. The Hall–Kier alpha value is -1.05. The highest BCUT2D eigenvalue weighted by Crippen LogP contribution is 2.13. The maximum atomic E-state index is 11.5. The number of carbonyl (C=O) groups is 1. The van der Waals surface area contributed by atoms with E-state index in [-0.39, 0.29) is 11.9 Å². The number of esters is 1. The maximum Gasteiger partial charge on any atom is 0.309 e. The van der Waals surface area contributed by atoms with Gasteiger partial charge in [0.2, 0.25) is 0 Å². The van der Waals surface area contributed by atoms with Crippen LogP contribution in [-0.4, -0.2) is 11.6 Å². The van der Waals surface area contributed by atoms with Gasteiger partial charge in [0.1, 0.15) is 5.60 Å². The highest BCUT2D eigenvalue weighted by Gasteiger charge is 2.20. The molecule has 0 heterocycles. The lowest BCUT2D eigenvalue weighted by atomic mass is 10.1. The molecule has 0 aromatic rings. The second-order valence-corrected chi connectivity index (χ2v) is 4.62. The van der Waals surface area contributed by atoms with Crippen LogP contribution in [0.3, 0.4) is 0 Å². The van der Waals surface area contributed by atoms with E-state index in [0.29, 0.717) is 0 Å². The Morgan fingerprint density at radius 2 is 1.93 bits per heavy atom. The molecular formula is C13H22O2. The zero-order valence-electron chi connectivity index (χ0n) is 10.4. The molecule has 15 heavy (non-hydrogen) atoms. The fourth-order valence-corrected chi connectivity index (χ4v) is 0.971. The van der Waals surface area contributed by atoms with Crippen LogP contribution in [0.15, 0.2) is 24.3 Å². The third-order valence-corrected chi connectivity index (χ3v) is 1.74. The van der Waals surface area contributed by atoms with Crippen LogP contribution < -0.4 is 0 Å². The fraction of sp³-hybridized carbons (Fsp3) is 0.615. The predicted octanol–water partition coefficient (Wildman–Crippen LogP) is 3.49. The molecule has 0 N–H and O–H groups in total. The summed E-state index contributed by atoms with van der Waals surface area (Å²) in [6, 6.07) is 0. The molecule has 0 radical (unpaired) electrons. The van der Waals surface area contributed by atoms with Gasteiger partial charge in [-0.25, -0.2) is 0 Å². The van der Waals surface area contributed by atoms with E-state index in [1.165, 1.54) is 0 Å². The van der Waals surface area contributed by atoms with Crippen molar-refractivity contribution in [3.8, 4) is 0 Å².